The van der Waals surface area contributed by atoms with Crippen molar-refractivity contribution in [1.82, 2.24) is 15.6 Å². The number of fused-ring (bicyclic) bond motifs is 1. The predicted molar refractivity (Wildman–Crippen MR) is 116 cm³/mol. The second-order valence-corrected chi connectivity index (χ2v) is 6.71. The van der Waals surface area contributed by atoms with Crippen molar-refractivity contribution in [3.8, 4) is 6.07 Å². The van der Waals surface area contributed by atoms with Gasteiger partial charge < -0.3 is 10.6 Å². The summed E-state index contributed by atoms with van der Waals surface area (Å²) in [6.07, 6.45) is 3.03. The Labute approximate surface area is 178 Å². The Hall–Kier alpha value is -4.57. The fraction of sp³-hybridized carbons (Fsp3) is 0.0417. The van der Waals surface area contributed by atoms with Crippen LogP contribution in [0.15, 0.2) is 89.7 Å². The normalized spacial score (nSPS) is 13.5. The number of rotatable bonds is 4. The fourth-order valence-electron chi connectivity index (χ4n) is 3.17. The zero-order valence-corrected chi connectivity index (χ0v) is 16.4. The van der Waals surface area contributed by atoms with Gasteiger partial charge in [0.15, 0.2) is 0 Å². The van der Waals surface area contributed by atoms with Gasteiger partial charge in [-0.25, -0.2) is 4.99 Å². The number of aliphatic imine (C=N–C) groups is 1. The molecule has 0 radical (unpaired) electrons. The van der Waals surface area contributed by atoms with Gasteiger partial charge in [-0.3, -0.25) is 14.6 Å². The molecule has 0 saturated heterocycles. The second-order valence-electron chi connectivity index (χ2n) is 6.71. The van der Waals surface area contributed by atoms with Crippen molar-refractivity contribution in [1.29, 1.82) is 5.26 Å². The highest BCUT2D eigenvalue weighted by molar-refractivity contribution is 6.20. The van der Waals surface area contributed by atoms with E-state index in [1.54, 1.807) is 42.6 Å². The number of nitrogens with zero attached hydrogens (tertiary/aromatic N) is 3. The Balaban J connectivity index is 1.64. The SMILES string of the molecule is N#CC(C(=O)NCc1ccccc1)=C1N=C(NC(=O)c2cccnc2)c2ccccc21. The number of carbonyl (C=O) groups excluding carboxylic acids is 2. The summed E-state index contributed by atoms with van der Waals surface area (Å²) in [5.41, 5.74) is 2.65. The topological polar surface area (TPSA) is 107 Å². The summed E-state index contributed by atoms with van der Waals surface area (Å²) < 4.78 is 0. The molecule has 150 valence electrons. The maximum Gasteiger partial charge on any atom is 0.264 e. The highest BCUT2D eigenvalue weighted by Gasteiger charge is 2.27. The Kier molecular flexibility index (Phi) is 5.63. The van der Waals surface area contributed by atoms with Crippen molar-refractivity contribution in [2.75, 3.05) is 0 Å². The molecule has 1 aliphatic heterocycles. The van der Waals surface area contributed by atoms with E-state index in [-0.39, 0.29) is 29.6 Å². The van der Waals surface area contributed by atoms with Crippen molar-refractivity contribution in [3.63, 3.8) is 0 Å². The number of amides is 2. The van der Waals surface area contributed by atoms with Crippen LogP contribution in [0.1, 0.15) is 27.0 Å². The van der Waals surface area contributed by atoms with Crippen LogP contribution < -0.4 is 10.6 Å². The van der Waals surface area contributed by atoms with Crippen LogP contribution in [0.4, 0.5) is 0 Å². The number of pyridine rings is 1. The number of nitriles is 1. The first kappa shape index (κ1) is 19.7. The maximum absolute atomic E-state index is 12.7. The quantitative estimate of drug-likeness (QED) is 0.512. The van der Waals surface area contributed by atoms with E-state index >= 15 is 0 Å². The fourth-order valence-corrected chi connectivity index (χ4v) is 3.17. The number of hydrogen-bond acceptors (Lipinski definition) is 5. The van der Waals surface area contributed by atoms with Gasteiger partial charge in [0.05, 0.1) is 11.3 Å². The van der Waals surface area contributed by atoms with Crippen LogP contribution in [0.3, 0.4) is 0 Å². The molecule has 1 aromatic heterocycles. The molecule has 0 aliphatic carbocycles. The van der Waals surface area contributed by atoms with Crippen LogP contribution in [0.25, 0.3) is 5.70 Å². The number of carbonyl (C=O) groups is 2. The average molecular weight is 407 g/mol. The highest BCUT2D eigenvalue weighted by Crippen LogP contribution is 2.30. The van der Waals surface area contributed by atoms with Crippen molar-refractivity contribution in [2.45, 2.75) is 6.54 Å². The molecule has 4 rings (SSSR count). The molecular weight excluding hydrogens is 390 g/mol. The van der Waals surface area contributed by atoms with Gasteiger partial charge in [-0.05, 0) is 17.7 Å². The van der Waals surface area contributed by atoms with Gasteiger partial charge in [0.1, 0.15) is 17.5 Å². The second kappa shape index (κ2) is 8.84. The summed E-state index contributed by atoms with van der Waals surface area (Å²) >= 11 is 0. The summed E-state index contributed by atoms with van der Waals surface area (Å²) in [7, 11) is 0. The van der Waals surface area contributed by atoms with Crippen molar-refractivity contribution in [3.05, 3.63) is 107 Å². The van der Waals surface area contributed by atoms with Gasteiger partial charge in [-0.15, -0.1) is 0 Å². The van der Waals surface area contributed by atoms with Crippen LogP contribution in [-0.4, -0.2) is 22.6 Å². The molecule has 2 aromatic carbocycles. The lowest BCUT2D eigenvalue weighted by molar-refractivity contribution is -0.117. The number of hydrogen-bond donors (Lipinski definition) is 2. The van der Waals surface area contributed by atoms with E-state index in [2.05, 4.69) is 20.6 Å². The Morgan fingerprint density at radius 2 is 1.68 bits per heavy atom. The zero-order chi connectivity index (χ0) is 21.6. The summed E-state index contributed by atoms with van der Waals surface area (Å²) in [4.78, 5) is 33.7. The van der Waals surface area contributed by atoms with E-state index in [1.807, 2.05) is 36.4 Å². The molecule has 1 aliphatic rings. The minimum absolute atomic E-state index is 0.117. The van der Waals surface area contributed by atoms with E-state index in [0.717, 1.165) is 5.56 Å². The van der Waals surface area contributed by atoms with Crippen molar-refractivity contribution in [2.24, 2.45) is 4.99 Å². The average Bonchev–Trinajstić information content (AvgIpc) is 3.17. The van der Waals surface area contributed by atoms with Gasteiger partial charge in [0, 0.05) is 30.1 Å². The third-order valence-corrected chi connectivity index (χ3v) is 4.69. The molecule has 0 fully saturated rings. The number of amidine groups is 1. The molecule has 31 heavy (non-hydrogen) atoms. The third kappa shape index (κ3) is 4.23. The lowest BCUT2D eigenvalue weighted by Crippen LogP contribution is -2.30. The Morgan fingerprint density at radius 1 is 0.935 bits per heavy atom. The lowest BCUT2D eigenvalue weighted by atomic mass is 10.0. The molecule has 0 spiro atoms. The van der Waals surface area contributed by atoms with Crippen LogP contribution in [0.2, 0.25) is 0 Å². The Bertz CT molecular complexity index is 1240. The first-order chi connectivity index (χ1) is 15.2. The van der Waals surface area contributed by atoms with Crippen LogP contribution in [0.5, 0.6) is 0 Å². The van der Waals surface area contributed by atoms with Crippen LogP contribution >= 0.6 is 0 Å². The number of aromatic nitrogens is 1. The van der Waals surface area contributed by atoms with E-state index in [1.165, 1.54) is 6.20 Å². The molecule has 0 bridgehead atoms. The van der Waals surface area contributed by atoms with Crippen LogP contribution in [0, 0.1) is 11.3 Å². The summed E-state index contributed by atoms with van der Waals surface area (Å²) in [5.74, 6) is -0.627. The summed E-state index contributed by atoms with van der Waals surface area (Å²) in [5, 5.41) is 15.2. The van der Waals surface area contributed by atoms with Gasteiger partial charge >= 0.3 is 0 Å². The largest absolute Gasteiger partial charge is 0.347 e. The van der Waals surface area contributed by atoms with Crippen LogP contribution in [-0.2, 0) is 11.3 Å². The maximum atomic E-state index is 12.7. The predicted octanol–water partition coefficient (Wildman–Crippen LogP) is 2.82. The summed E-state index contributed by atoms with van der Waals surface area (Å²) in [6, 6.07) is 21.8. The monoisotopic (exact) mass is 407 g/mol. The molecular formula is C24H17N5O2. The molecule has 2 amide bonds. The zero-order valence-electron chi connectivity index (χ0n) is 16.4. The van der Waals surface area contributed by atoms with E-state index in [9.17, 15) is 14.9 Å². The molecule has 0 saturated carbocycles. The van der Waals surface area contributed by atoms with E-state index < -0.39 is 5.91 Å². The molecule has 0 unspecified atom stereocenters. The van der Waals surface area contributed by atoms with Gasteiger partial charge in [-0.1, -0.05) is 54.6 Å². The van der Waals surface area contributed by atoms with Gasteiger partial charge in [0.2, 0.25) is 0 Å². The molecule has 0 atom stereocenters. The third-order valence-electron chi connectivity index (χ3n) is 4.69. The minimum Gasteiger partial charge on any atom is -0.347 e. The van der Waals surface area contributed by atoms with Crippen molar-refractivity contribution < 1.29 is 9.59 Å². The first-order valence-electron chi connectivity index (χ1n) is 9.53. The first-order valence-corrected chi connectivity index (χ1v) is 9.53. The molecule has 2 heterocycles. The van der Waals surface area contributed by atoms with Gasteiger partial charge in [0.25, 0.3) is 11.8 Å². The standard InChI is InChI=1S/C24H17N5O2/c25-13-20(24(31)27-14-16-7-2-1-3-8-16)21-18-10-4-5-11-19(18)22(28-21)29-23(30)17-9-6-12-26-15-17/h1-12,15H,14H2,(H,27,31)(H,28,29,30). The summed E-state index contributed by atoms with van der Waals surface area (Å²) in [6.45, 7) is 0.286. The molecule has 7 heteroatoms. The molecule has 2 N–H and O–H groups in total. The van der Waals surface area contributed by atoms with Gasteiger partial charge in [-0.2, -0.15) is 5.26 Å². The van der Waals surface area contributed by atoms with E-state index in [0.29, 0.717) is 16.7 Å². The van der Waals surface area contributed by atoms with E-state index in [4.69, 9.17) is 0 Å². The molecule has 7 nitrogen and oxygen atoms in total. The van der Waals surface area contributed by atoms with Crippen molar-refractivity contribution >= 4 is 23.3 Å². The number of nitrogens with one attached hydrogen (secondary N) is 2. The lowest BCUT2D eigenvalue weighted by Gasteiger charge is -2.06. The smallest absolute Gasteiger partial charge is 0.264 e. The highest BCUT2D eigenvalue weighted by atomic mass is 16.2. The molecule has 3 aromatic rings. The number of benzene rings is 2. The Morgan fingerprint density at radius 3 is 2.39 bits per heavy atom. The minimum atomic E-state index is -0.528.